The summed E-state index contributed by atoms with van der Waals surface area (Å²) in [4.78, 5) is 0. The normalized spacial score (nSPS) is 43.9. The van der Waals surface area contributed by atoms with E-state index in [2.05, 4.69) is 27.7 Å². The highest BCUT2D eigenvalue weighted by Gasteiger charge is 2.66. The number of fused-ring (bicyclic) bond motifs is 2. The summed E-state index contributed by atoms with van der Waals surface area (Å²) in [7, 11) is 0. The van der Waals surface area contributed by atoms with Crippen molar-refractivity contribution >= 4 is 0 Å². The molecule has 0 spiro atoms. The summed E-state index contributed by atoms with van der Waals surface area (Å²) in [6.45, 7) is 11.0. The highest BCUT2D eigenvalue weighted by molar-refractivity contribution is 5.15. The summed E-state index contributed by atoms with van der Waals surface area (Å²) in [6, 6.07) is 0. The molecule has 0 aromatic rings. The molecule has 25 heavy (non-hydrogen) atoms. The summed E-state index contributed by atoms with van der Waals surface area (Å²) in [6.07, 6.45) is 21.3. The van der Waals surface area contributed by atoms with Crippen LogP contribution in [0.2, 0.25) is 0 Å². The molecule has 0 aromatic heterocycles. The van der Waals surface area contributed by atoms with Gasteiger partial charge in [-0.2, -0.15) is 0 Å². The number of rotatable bonds is 4. The van der Waals surface area contributed by atoms with E-state index in [-0.39, 0.29) is 0 Å². The van der Waals surface area contributed by atoms with Gasteiger partial charge in [0, 0.05) is 0 Å². The third-order valence-electron chi connectivity index (χ3n) is 10.8. The van der Waals surface area contributed by atoms with Crippen LogP contribution in [0.15, 0.2) is 0 Å². The van der Waals surface area contributed by atoms with Crippen molar-refractivity contribution in [3.8, 4) is 0 Å². The van der Waals surface area contributed by atoms with E-state index in [1.54, 1.807) is 12.8 Å². The quantitative estimate of drug-likeness (QED) is 0.484. The average Bonchev–Trinajstić information content (AvgIpc) is 3.15. The molecule has 0 saturated heterocycles. The molecule has 0 aromatic carbocycles. The second kappa shape index (κ2) is 6.56. The Morgan fingerprint density at radius 1 is 0.800 bits per heavy atom. The van der Waals surface area contributed by atoms with Gasteiger partial charge in [-0.05, 0) is 78.4 Å². The molecule has 0 heterocycles. The van der Waals surface area contributed by atoms with E-state index in [0.29, 0.717) is 16.2 Å². The Kier molecular flexibility index (Phi) is 4.82. The molecule has 5 unspecified atom stereocenters. The van der Waals surface area contributed by atoms with Gasteiger partial charge < -0.3 is 0 Å². The standard InChI is InChI=1S/C25H44/c1-19(21-11-7-5-8-12-21)25(4,22-13-9-6-10-14-22)24(3)18-20-15-16-23(24,2)17-20/h19-22H,5-18H2,1-4H3. The fourth-order valence-electron chi connectivity index (χ4n) is 8.88. The molecule has 0 nitrogen and oxygen atoms in total. The van der Waals surface area contributed by atoms with Crippen LogP contribution >= 0.6 is 0 Å². The molecule has 4 saturated carbocycles. The summed E-state index contributed by atoms with van der Waals surface area (Å²) in [5, 5.41) is 0. The van der Waals surface area contributed by atoms with Gasteiger partial charge in [0.2, 0.25) is 0 Å². The molecule has 0 amide bonds. The predicted molar refractivity (Wildman–Crippen MR) is 109 cm³/mol. The Morgan fingerprint density at radius 3 is 1.92 bits per heavy atom. The van der Waals surface area contributed by atoms with Crippen LogP contribution in [0.1, 0.15) is 118 Å². The van der Waals surface area contributed by atoms with Gasteiger partial charge in [-0.15, -0.1) is 0 Å². The molecule has 4 aliphatic rings. The molecule has 144 valence electrons. The summed E-state index contributed by atoms with van der Waals surface area (Å²) in [5.41, 5.74) is 1.79. The molecule has 5 atom stereocenters. The monoisotopic (exact) mass is 344 g/mol. The van der Waals surface area contributed by atoms with Gasteiger partial charge >= 0.3 is 0 Å². The minimum atomic E-state index is 0.569. The van der Waals surface area contributed by atoms with Crippen LogP contribution in [-0.2, 0) is 0 Å². The highest BCUT2D eigenvalue weighted by Crippen LogP contribution is 2.74. The Hall–Kier alpha value is 0. The minimum Gasteiger partial charge on any atom is -0.0617 e. The van der Waals surface area contributed by atoms with Gasteiger partial charge in [0.1, 0.15) is 0 Å². The SMILES string of the molecule is CC(C1CCCCC1)C(C)(C1CCCCC1)C1(C)CC2CCC1(C)C2. The Morgan fingerprint density at radius 2 is 1.40 bits per heavy atom. The van der Waals surface area contributed by atoms with Gasteiger partial charge in [0.15, 0.2) is 0 Å². The van der Waals surface area contributed by atoms with Crippen molar-refractivity contribution in [2.45, 2.75) is 118 Å². The van der Waals surface area contributed by atoms with Crippen LogP contribution in [0, 0.1) is 39.9 Å². The van der Waals surface area contributed by atoms with Crippen LogP contribution in [0.4, 0.5) is 0 Å². The van der Waals surface area contributed by atoms with E-state index < -0.39 is 0 Å². The number of hydrogen-bond acceptors (Lipinski definition) is 0. The molecule has 4 rings (SSSR count). The van der Waals surface area contributed by atoms with Crippen molar-refractivity contribution in [2.75, 3.05) is 0 Å². The first-order valence-electron chi connectivity index (χ1n) is 11.9. The molecule has 0 N–H and O–H groups in total. The first-order chi connectivity index (χ1) is 11.9. The summed E-state index contributed by atoms with van der Waals surface area (Å²) >= 11 is 0. The Labute approximate surface area is 157 Å². The van der Waals surface area contributed by atoms with Crippen molar-refractivity contribution in [3.63, 3.8) is 0 Å². The third kappa shape index (κ3) is 2.67. The molecule has 0 heteroatoms. The average molecular weight is 345 g/mol. The van der Waals surface area contributed by atoms with Crippen molar-refractivity contribution < 1.29 is 0 Å². The van der Waals surface area contributed by atoms with Gasteiger partial charge in [-0.3, -0.25) is 0 Å². The van der Waals surface area contributed by atoms with E-state index in [4.69, 9.17) is 0 Å². The molecular formula is C25H44. The van der Waals surface area contributed by atoms with E-state index in [0.717, 1.165) is 23.7 Å². The van der Waals surface area contributed by atoms with Crippen LogP contribution in [0.3, 0.4) is 0 Å². The van der Waals surface area contributed by atoms with Gasteiger partial charge in [-0.1, -0.05) is 79.1 Å². The molecule has 4 aliphatic carbocycles. The lowest BCUT2D eigenvalue weighted by Gasteiger charge is -2.62. The van der Waals surface area contributed by atoms with E-state index in [9.17, 15) is 0 Å². The molecule has 0 aliphatic heterocycles. The maximum Gasteiger partial charge on any atom is -0.0210 e. The molecule has 2 bridgehead atoms. The van der Waals surface area contributed by atoms with Crippen LogP contribution < -0.4 is 0 Å². The van der Waals surface area contributed by atoms with Crippen LogP contribution in [0.5, 0.6) is 0 Å². The zero-order valence-corrected chi connectivity index (χ0v) is 17.7. The van der Waals surface area contributed by atoms with E-state index in [1.807, 2.05) is 0 Å². The predicted octanol–water partition coefficient (Wildman–Crippen LogP) is 8.01. The molecule has 4 fully saturated rings. The lowest BCUT2D eigenvalue weighted by atomic mass is 9.42. The maximum absolute atomic E-state index is 2.81. The first kappa shape index (κ1) is 18.4. The van der Waals surface area contributed by atoms with Crippen molar-refractivity contribution in [1.82, 2.24) is 0 Å². The van der Waals surface area contributed by atoms with Crippen LogP contribution in [0.25, 0.3) is 0 Å². The van der Waals surface area contributed by atoms with E-state index >= 15 is 0 Å². The second-order valence-electron chi connectivity index (χ2n) is 11.5. The lowest BCUT2D eigenvalue weighted by molar-refractivity contribution is -0.139. The van der Waals surface area contributed by atoms with Gasteiger partial charge in [0.05, 0.1) is 0 Å². The van der Waals surface area contributed by atoms with Crippen LogP contribution in [-0.4, -0.2) is 0 Å². The van der Waals surface area contributed by atoms with Crippen molar-refractivity contribution in [2.24, 2.45) is 39.9 Å². The van der Waals surface area contributed by atoms with Gasteiger partial charge in [0.25, 0.3) is 0 Å². The van der Waals surface area contributed by atoms with Crippen molar-refractivity contribution in [3.05, 3.63) is 0 Å². The smallest absolute Gasteiger partial charge is 0.0210 e. The Balaban J connectivity index is 1.70. The summed E-state index contributed by atoms with van der Waals surface area (Å²) < 4.78 is 0. The Bertz CT molecular complexity index is 468. The molecule has 0 radical (unpaired) electrons. The fourth-order valence-corrected chi connectivity index (χ4v) is 8.88. The highest BCUT2D eigenvalue weighted by atomic mass is 14.7. The third-order valence-corrected chi connectivity index (χ3v) is 10.8. The fraction of sp³-hybridized carbons (Fsp3) is 1.00. The second-order valence-corrected chi connectivity index (χ2v) is 11.5. The minimum absolute atomic E-state index is 0.569. The van der Waals surface area contributed by atoms with Gasteiger partial charge in [-0.25, -0.2) is 0 Å². The molecular weight excluding hydrogens is 300 g/mol. The number of hydrogen-bond donors (Lipinski definition) is 0. The lowest BCUT2D eigenvalue weighted by Crippen LogP contribution is -2.55. The van der Waals surface area contributed by atoms with Crippen molar-refractivity contribution in [1.29, 1.82) is 0 Å². The topological polar surface area (TPSA) is 0 Å². The van der Waals surface area contributed by atoms with E-state index in [1.165, 1.54) is 77.0 Å². The summed E-state index contributed by atoms with van der Waals surface area (Å²) in [5.74, 6) is 3.99. The first-order valence-corrected chi connectivity index (χ1v) is 11.9. The zero-order valence-electron chi connectivity index (χ0n) is 17.7. The largest absolute Gasteiger partial charge is 0.0617 e. The zero-order chi connectivity index (χ0) is 17.7. The maximum atomic E-state index is 2.81.